The molecule has 0 heterocycles. The number of ether oxygens (including phenoxy) is 1. The molecule has 0 aliphatic heterocycles. The van der Waals surface area contributed by atoms with Gasteiger partial charge in [-0.2, -0.15) is 0 Å². The molecule has 0 aliphatic rings. The molecule has 0 spiro atoms. The van der Waals surface area contributed by atoms with Crippen LogP contribution >= 0.6 is 0 Å². The topological polar surface area (TPSA) is 50.4 Å². The van der Waals surface area contributed by atoms with Crippen molar-refractivity contribution in [3.05, 3.63) is 65.2 Å². The molecule has 2 aromatic carbocycles. The maximum absolute atomic E-state index is 11.7. The van der Waals surface area contributed by atoms with Crippen molar-refractivity contribution in [1.82, 2.24) is 10.6 Å². The molecule has 122 valence electrons. The van der Waals surface area contributed by atoms with Crippen molar-refractivity contribution in [2.24, 2.45) is 0 Å². The molecule has 2 N–H and O–H groups in total. The highest BCUT2D eigenvalue weighted by Crippen LogP contribution is 2.17. The highest BCUT2D eigenvalue weighted by Gasteiger charge is 2.02. The Morgan fingerprint density at radius 3 is 2.52 bits per heavy atom. The Bertz CT molecular complexity index is 624. The van der Waals surface area contributed by atoms with E-state index >= 15 is 0 Å². The molecule has 2 rings (SSSR count). The Balaban J connectivity index is 1.66. The highest BCUT2D eigenvalue weighted by molar-refractivity contribution is 5.73. The average molecular weight is 312 g/mol. The summed E-state index contributed by atoms with van der Waals surface area (Å²) in [6, 6.07) is 16.0. The summed E-state index contributed by atoms with van der Waals surface area (Å²) in [5, 5.41) is 5.54. The first-order chi connectivity index (χ1) is 11.2. The molecule has 4 heteroatoms. The molecule has 4 nitrogen and oxygen atoms in total. The zero-order chi connectivity index (χ0) is 16.5. The van der Waals surface area contributed by atoms with E-state index in [9.17, 15) is 4.79 Å². The molecule has 0 saturated heterocycles. The molecule has 0 saturated carbocycles. The van der Waals surface area contributed by atoms with Gasteiger partial charge in [0, 0.05) is 6.54 Å². The summed E-state index contributed by atoms with van der Waals surface area (Å²) in [6.45, 7) is 4.90. The van der Waals surface area contributed by atoms with E-state index in [1.165, 1.54) is 11.1 Å². The van der Waals surface area contributed by atoms with Crippen molar-refractivity contribution in [2.45, 2.75) is 26.7 Å². The van der Waals surface area contributed by atoms with Gasteiger partial charge in [-0.3, -0.25) is 0 Å². The number of carbonyl (C=O) groups excluding carboxylic acids is 1. The summed E-state index contributed by atoms with van der Waals surface area (Å²) in [5.74, 6) is 0.815. The summed E-state index contributed by atoms with van der Waals surface area (Å²) >= 11 is 0. The Labute approximate surface area is 137 Å². The Morgan fingerprint density at radius 2 is 1.78 bits per heavy atom. The highest BCUT2D eigenvalue weighted by atomic mass is 16.5. The van der Waals surface area contributed by atoms with Crippen molar-refractivity contribution in [3.63, 3.8) is 0 Å². The lowest BCUT2D eigenvalue weighted by Gasteiger charge is -2.12. The van der Waals surface area contributed by atoms with E-state index in [1.54, 1.807) is 0 Å². The predicted octanol–water partition coefficient (Wildman–Crippen LogP) is 3.44. The number of nitrogens with one attached hydrogen (secondary N) is 2. The number of para-hydroxylation sites is 1. The van der Waals surface area contributed by atoms with E-state index in [-0.39, 0.29) is 12.8 Å². The first-order valence-corrected chi connectivity index (χ1v) is 7.97. The van der Waals surface area contributed by atoms with Crippen LogP contribution < -0.4 is 15.4 Å². The van der Waals surface area contributed by atoms with Crippen LogP contribution in [0.4, 0.5) is 4.79 Å². The first-order valence-electron chi connectivity index (χ1n) is 7.97. The van der Waals surface area contributed by atoms with Gasteiger partial charge in [0.25, 0.3) is 0 Å². The van der Waals surface area contributed by atoms with Crippen molar-refractivity contribution in [3.8, 4) is 5.75 Å². The molecule has 0 fully saturated rings. The molecule has 0 aromatic heterocycles. The fourth-order valence-corrected chi connectivity index (χ4v) is 2.25. The van der Waals surface area contributed by atoms with Gasteiger partial charge < -0.3 is 15.4 Å². The van der Waals surface area contributed by atoms with Crippen molar-refractivity contribution < 1.29 is 9.53 Å². The fraction of sp³-hybridized carbons (Fsp3) is 0.316. The van der Waals surface area contributed by atoms with Gasteiger partial charge in [-0.25, -0.2) is 4.79 Å². The van der Waals surface area contributed by atoms with Crippen LogP contribution in [0.5, 0.6) is 5.75 Å². The van der Waals surface area contributed by atoms with E-state index in [0.29, 0.717) is 6.54 Å². The normalized spacial score (nSPS) is 10.2. The van der Waals surface area contributed by atoms with Crippen LogP contribution in [0.25, 0.3) is 0 Å². The Kier molecular flexibility index (Phi) is 6.48. The maximum Gasteiger partial charge on any atom is 0.317 e. The molecule has 0 aliphatic carbocycles. The van der Waals surface area contributed by atoms with E-state index in [0.717, 1.165) is 24.2 Å². The zero-order valence-corrected chi connectivity index (χ0v) is 13.8. The van der Waals surface area contributed by atoms with Crippen LogP contribution in [-0.2, 0) is 12.8 Å². The second-order valence-corrected chi connectivity index (χ2v) is 5.42. The number of hydrogen-bond acceptors (Lipinski definition) is 2. The van der Waals surface area contributed by atoms with Crippen molar-refractivity contribution >= 4 is 6.03 Å². The van der Waals surface area contributed by atoms with Gasteiger partial charge in [0.05, 0.1) is 0 Å². The van der Waals surface area contributed by atoms with Gasteiger partial charge >= 0.3 is 6.03 Å². The van der Waals surface area contributed by atoms with Crippen LogP contribution in [-0.4, -0.2) is 19.3 Å². The SMILES string of the molecule is CCc1ccccc1OCNC(=O)NCCc1ccc(C)cc1. The summed E-state index contributed by atoms with van der Waals surface area (Å²) in [7, 11) is 0. The van der Waals surface area contributed by atoms with Crippen LogP contribution in [0.3, 0.4) is 0 Å². The standard InChI is InChI=1S/C19H24N2O2/c1-3-17-6-4-5-7-18(17)23-14-21-19(22)20-13-12-16-10-8-15(2)9-11-16/h4-11H,3,12-14H2,1-2H3,(H2,20,21,22). The lowest BCUT2D eigenvalue weighted by molar-refractivity contribution is 0.223. The molecule has 0 bridgehead atoms. The molecular formula is C19H24N2O2. The lowest BCUT2D eigenvalue weighted by Crippen LogP contribution is -2.38. The molecule has 0 atom stereocenters. The molecule has 2 amide bonds. The van der Waals surface area contributed by atoms with Crippen molar-refractivity contribution in [1.29, 1.82) is 0 Å². The van der Waals surface area contributed by atoms with Gasteiger partial charge in [-0.1, -0.05) is 55.0 Å². The third-order valence-corrected chi connectivity index (χ3v) is 3.63. The van der Waals surface area contributed by atoms with E-state index in [4.69, 9.17) is 4.74 Å². The molecule has 0 radical (unpaired) electrons. The van der Waals surface area contributed by atoms with Gasteiger partial charge in [0.15, 0.2) is 6.73 Å². The second-order valence-electron chi connectivity index (χ2n) is 5.42. The van der Waals surface area contributed by atoms with Crippen molar-refractivity contribution in [2.75, 3.05) is 13.3 Å². The molecule has 0 unspecified atom stereocenters. The molecule has 23 heavy (non-hydrogen) atoms. The van der Waals surface area contributed by atoms with Gasteiger partial charge in [0.1, 0.15) is 5.75 Å². The second kappa shape index (κ2) is 8.83. The number of urea groups is 1. The summed E-state index contributed by atoms with van der Waals surface area (Å²) in [5.41, 5.74) is 3.59. The number of hydrogen-bond donors (Lipinski definition) is 2. The summed E-state index contributed by atoms with van der Waals surface area (Å²) < 4.78 is 5.60. The largest absolute Gasteiger partial charge is 0.473 e. The maximum atomic E-state index is 11.7. The minimum absolute atomic E-state index is 0.160. The van der Waals surface area contributed by atoms with Gasteiger partial charge in [-0.05, 0) is 37.0 Å². The van der Waals surface area contributed by atoms with Crippen LogP contribution in [0.15, 0.2) is 48.5 Å². The van der Waals surface area contributed by atoms with Crippen LogP contribution in [0.2, 0.25) is 0 Å². The summed E-state index contributed by atoms with van der Waals surface area (Å²) in [4.78, 5) is 11.7. The predicted molar refractivity (Wildman–Crippen MR) is 92.7 cm³/mol. The summed E-state index contributed by atoms with van der Waals surface area (Å²) in [6.07, 6.45) is 1.71. The van der Waals surface area contributed by atoms with Crippen LogP contribution in [0, 0.1) is 6.92 Å². The quantitative estimate of drug-likeness (QED) is 0.770. The minimum Gasteiger partial charge on any atom is -0.473 e. The lowest BCUT2D eigenvalue weighted by atomic mass is 10.1. The third-order valence-electron chi connectivity index (χ3n) is 3.63. The van der Waals surface area contributed by atoms with Gasteiger partial charge in [-0.15, -0.1) is 0 Å². The van der Waals surface area contributed by atoms with Crippen LogP contribution in [0.1, 0.15) is 23.6 Å². The smallest absolute Gasteiger partial charge is 0.317 e. The number of rotatable bonds is 7. The molecular weight excluding hydrogens is 288 g/mol. The van der Waals surface area contributed by atoms with E-state index in [1.807, 2.05) is 24.3 Å². The number of benzene rings is 2. The average Bonchev–Trinajstić information content (AvgIpc) is 2.57. The Morgan fingerprint density at radius 1 is 1.04 bits per heavy atom. The minimum atomic E-state index is -0.217. The fourth-order valence-electron chi connectivity index (χ4n) is 2.25. The number of carbonyl (C=O) groups is 1. The monoisotopic (exact) mass is 312 g/mol. The van der Waals surface area contributed by atoms with Gasteiger partial charge in [0.2, 0.25) is 0 Å². The van der Waals surface area contributed by atoms with E-state index < -0.39 is 0 Å². The Hall–Kier alpha value is -2.49. The number of aryl methyl sites for hydroxylation is 2. The van der Waals surface area contributed by atoms with E-state index in [2.05, 4.69) is 48.7 Å². The molecule has 2 aromatic rings. The third kappa shape index (κ3) is 5.66. The zero-order valence-electron chi connectivity index (χ0n) is 13.8. The first kappa shape index (κ1) is 16.9. The number of amides is 2.